The third-order valence-electron chi connectivity index (χ3n) is 2.72. The SMILES string of the molecule is O=S(=O)(NC1CC(O)C1)c1ccc(F)c(Br)c1F. The van der Waals surface area contributed by atoms with Crippen LogP contribution < -0.4 is 4.72 Å². The van der Waals surface area contributed by atoms with E-state index in [-0.39, 0.29) is 0 Å². The normalized spacial score (nSPS) is 23.8. The Kier molecular flexibility index (Phi) is 3.72. The van der Waals surface area contributed by atoms with Crippen LogP contribution >= 0.6 is 15.9 Å². The van der Waals surface area contributed by atoms with Gasteiger partial charge in [0, 0.05) is 6.04 Å². The van der Waals surface area contributed by atoms with Gasteiger partial charge >= 0.3 is 0 Å². The second-order valence-electron chi connectivity index (χ2n) is 4.12. The predicted octanol–water partition coefficient (Wildman–Crippen LogP) is 1.53. The van der Waals surface area contributed by atoms with Crippen molar-refractivity contribution in [3.63, 3.8) is 0 Å². The Morgan fingerprint density at radius 2 is 1.94 bits per heavy atom. The maximum atomic E-state index is 13.7. The van der Waals surface area contributed by atoms with Crippen molar-refractivity contribution in [3.05, 3.63) is 28.2 Å². The zero-order chi connectivity index (χ0) is 13.5. The summed E-state index contributed by atoms with van der Waals surface area (Å²) in [6.07, 6.45) is 0.0642. The molecule has 0 aromatic heterocycles. The van der Waals surface area contributed by atoms with Crippen LogP contribution in [-0.2, 0) is 10.0 Å². The van der Waals surface area contributed by atoms with Gasteiger partial charge in [-0.2, -0.15) is 0 Å². The summed E-state index contributed by atoms with van der Waals surface area (Å²) in [6.45, 7) is 0. The van der Waals surface area contributed by atoms with Gasteiger partial charge in [-0.05, 0) is 40.9 Å². The van der Waals surface area contributed by atoms with Gasteiger partial charge in [-0.15, -0.1) is 0 Å². The van der Waals surface area contributed by atoms with E-state index in [1.165, 1.54) is 0 Å². The maximum absolute atomic E-state index is 13.7. The largest absolute Gasteiger partial charge is 0.393 e. The molecule has 0 saturated heterocycles. The highest BCUT2D eigenvalue weighted by Gasteiger charge is 2.32. The van der Waals surface area contributed by atoms with E-state index in [2.05, 4.69) is 20.7 Å². The molecule has 0 spiro atoms. The summed E-state index contributed by atoms with van der Waals surface area (Å²) in [4.78, 5) is -0.614. The van der Waals surface area contributed by atoms with Crippen molar-refractivity contribution in [2.24, 2.45) is 0 Å². The van der Waals surface area contributed by atoms with Gasteiger partial charge in [0.2, 0.25) is 10.0 Å². The van der Waals surface area contributed by atoms with E-state index in [1.807, 2.05) is 0 Å². The minimum atomic E-state index is -4.05. The van der Waals surface area contributed by atoms with Crippen molar-refractivity contribution in [1.29, 1.82) is 0 Å². The molecule has 0 amide bonds. The number of hydrogen-bond acceptors (Lipinski definition) is 3. The minimum Gasteiger partial charge on any atom is -0.393 e. The topological polar surface area (TPSA) is 66.4 Å². The van der Waals surface area contributed by atoms with Gasteiger partial charge < -0.3 is 5.11 Å². The first-order chi connectivity index (χ1) is 8.31. The van der Waals surface area contributed by atoms with Gasteiger partial charge in [0.25, 0.3) is 0 Å². The standard InChI is InChI=1S/C10H10BrF2NO3S/c11-9-7(12)1-2-8(10(9)13)18(16,17)14-5-3-6(15)4-5/h1-2,5-6,14-15H,3-4H2. The van der Waals surface area contributed by atoms with E-state index in [4.69, 9.17) is 5.11 Å². The number of nitrogens with one attached hydrogen (secondary N) is 1. The number of aliphatic hydroxyl groups excluding tert-OH is 1. The predicted molar refractivity (Wildman–Crippen MR) is 63.4 cm³/mol. The molecule has 0 heterocycles. The number of hydrogen-bond donors (Lipinski definition) is 2. The maximum Gasteiger partial charge on any atom is 0.243 e. The summed E-state index contributed by atoms with van der Waals surface area (Å²) in [7, 11) is -4.05. The Hall–Kier alpha value is -0.570. The average molecular weight is 342 g/mol. The highest BCUT2D eigenvalue weighted by Crippen LogP contribution is 2.27. The number of rotatable bonds is 3. The molecule has 1 aromatic carbocycles. The molecule has 0 bridgehead atoms. The van der Waals surface area contributed by atoms with Crippen molar-refractivity contribution >= 4 is 26.0 Å². The van der Waals surface area contributed by atoms with Crippen LogP contribution in [0.25, 0.3) is 0 Å². The molecule has 100 valence electrons. The van der Waals surface area contributed by atoms with E-state index in [9.17, 15) is 17.2 Å². The van der Waals surface area contributed by atoms with Gasteiger partial charge in [-0.3, -0.25) is 0 Å². The van der Waals surface area contributed by atoms with E-state index in [0.29, 0.717) is 12.8 Å². The highest BCUT2D eigenvalue weighted by molar-refractivity contribution is 9.10. The molecule has 0 radical (unpaired) electrons. The molecule has 0 aliphatic heterocycles. The highest BCUT2D eigenvalue weighted by atomic mass is 79.9. The molecule has 1 aliphatic rings. The zero-order valence-corrected chi connectivity index (χ0v) is 11.4. The average Bonchev–Trinajstić information content (AvgIpc) is 2.23. The first-order valence-corrected chi connectivity index (χ1v) is 7.43. The van der Waals surface area contributed by atoms with E-state index < -0.39 is 43.2 Å². The molecule has 0 unspecified atom stereocenters. The Labute approximate surface area is 111 Å². The lowest BCUT2D eigenvalue weighted by molar-refractivity contribution is 0.0712. The third-order valence-corrected chi connectivity index (χ3v) is 4.99. The fourth-order valence-corrected chi connectivity index (χ4v) is 3.50. The number of aliphatic hydroxyl groups is 1. The molecule has 1 saturated carbocycles. The van der Waals surface area contributed by atoms with Gasteiger partial charge in [0.1, 0.15) is 10.7 Å². The van der Waals surface area contributed by atoms with Crippen LogP contribution in [-0.4, -0.2) is 25.7 Å². The second kappa shape index (κ2) is 4.84. The van der Waals surface area contributed by atoms with Crippen LogP contribution in [0.4, 0.5) is 8.78 Å². The molecule has 1 fully saturated rings. The van der Waals surface area contributed by atoms with Crippen molar-refractivity contribution in [1.82, 2.24) is 4.72 Å². The number of halogens is 3. The summed E-state index contributed by atoms with van der Waals surface area (Å²) >= 11 is 2.65. The lowest BCUT2D eigenvalue weighted by Gasteiger charge is -2.31. The van der Waals surface area contributed by atoms with Crippen LogP contribution in [0.3, 0.4) is 0 Å². The van der Waals surface area contributed by atoms with E-state index in [1.54, 1.807) is 0 Å². The van der Waals surface area contributed by atoms with Gasteiger partial charge in [-0.1, -0.05) is 0 Å². The molecule has 4 nitrogen and oxygen atoms in total. The second-order valence-corrected chi connectivity index (χ2v) is 6.59. The first kappa shape index (κ1) is 13.9. The van der Waals surface area contributed by atoms with Gasteiger partial charge in [-0.25, -0.2) is 21.9 Å². The van der Waals surface area contributed by atoms with Crippen LogP contribution in [0.1, 0.15) is 12.8 Å². The summed E-state index contributed by atoms with van der Waals surface area (Å²) < 4.78 is 52.1. The zero-order valence-electron chi connectivity index (χ0n) is 9.03. The summed E-state index contributed by atoms with van der Waals surface area (Å²) in [5.74, 6) is -2.03. The minimum absolute atomic E-state index is 0.295. The molecule has 1 aliphatic carbocycles. The monoisotopic (exact) mass is 341 g/mol. The Morgan fingerprint density at radius 3 is 2.50 bits per heavy atom. The number of benzene rings is 1. The molecular formula is C10H10BrF2NO3S. The van der Waals surface area contributed by atoms with Crippen molar-refractivity contribution in [2.75, 3.05) is 0 Å². The lowest BCUT2D eigenvalue weighted by Crippen LogP contribution is -2.46. The van der Waals surface area contributed by atoms with Crippen LogP contribution in [0, 0.1) is 11.6 Å². The van der Waals surface area contributed by atoms with Crippen molar-refractivity contribution in [3.8, 4) is 0 Å². The molecule has 18 heavy (non-hydrogen) atoms. The Morgan fingerprint density at radius 1 is 1.33 bits per heavy atom. The summed E-state index contributed by atoms with van der Waals surface area (Å²) in [6, 6.07) is 1.33. The fourth-order valence-electron chi connectivity index (χ4n) is 1.68. The smallest absolute Gasteiger partial charge is 0.243 e. The summed E-state index contributed by atoms with van der Waals surface area (Å²) in [5.41, 5.74) is 0. The van der Waals surface area contributed by atoms with E-state index >= 15 is 0 Å². The van der Waals surface area contributed by atoms with Gasteiger partial charge in [0.05, 0.1) is 10.6 Å². The van der Waals surface area contributed by atoms with Gasteiger partial charge in [0.15, 0.2) is 5.82 Å². The Bertz CT molecular complexity index is 573. The van der Waals surface area contributed by atoms with Crippen LogP contribution in [0.15, 0.2) is 21.5 Å². The van der Waals surface area contributed by atoms with Crippen molar-refractivity contribution in [2.45, 2.75) is 29.9 Å². The van der Waals surface area contributed by atoms with Crippen molar-refractivity contribution < 1.29 is 22.3 Å². The first-order valence-electron chi connectivity index (χ1n) is 5.15. The number of sulfonamides is 1. The molecular weight excluding hydrogens is 332 g/mol. The van der Waals surface area contributed by atoms with Crippen LogP contribution in [0.5, 0.6) is 0 Å². The lowest BCUT2D eigenvalue weighted by atomic mass is 9.91. The summed E-state index contributed by atoms with van der Waals surface area (Å²) in [5, 5.41) is 9.05. The molecule has 2 N–H and O–H groups in total. The van der Waals surface area contributed by atoms with Crippen LogP contribution in [0.2, 0.25) is 0 Å². The molecule has 2 rings (SSSR count). The fraction of sp³-hybridized carbons (Fsp3) is 0.400. The van der Waals surface area contributed by atoms with E-state index in [0.717, 1.165) is 12.1 Å². The molecule has 8 heteroatoms. The molecule has 1 aromatic rings. The quantitative estimate of drug-likeness (QED) is 0.819. The third kappa shape index (κ3) is 2.56. The molecule has 0 atom stereocenters. The Balaban J connectivity index is 2.27.